The number of amides is 3. The molecule has 0 bridgehead atoms. The third-order valence-corrected chi connectivity index (χ3v) is 4.84. The Hall–Kier alpha value is -2.47. The van der Waals surface area contributed by atoms with E-state index in [9.17, 15) is 9.59 Å². The number of piperidine rings is 1. The fraction of sp³-hybridized carbons (Fsp3) is 0.368. The second kappa shape index (κ2) is 8.76. The molecule has 6 nitrogen and oxygen atoms in total. The number of urea groups is 1. The van der Waals surface area contributed by atoms with Gasteiger partial charge in [-0.05, 0) is 42.5 Å². The molecule has 0 saturated carbocycles. The van der Waals surface area contributed by atoms with E-state index >= 15 is 0 Å². The van der Waals surface area contributed by atoms with Crippen molar-refractivity contribution in [3.05, 3.63) is 59.0 Å². The quantitative estimate of drug-likeness (QED) is 0.842. The summed E-state index contributed by atoms with van der Waals surface area (Å²) in [6.07, 6.45) is 4.73. The summed E-state index contributed by atoms with van der Waals surface area (Å²) in [5.41, 5.74) is 1.58. The van der Waals surface area contributed by atoms with Crippen LogP contribution in [-0.2, 0) is 6.54 Å². The highest BCUT2D eigenvalue weighted by molar-refractivity contribution is 6.30. The van der Waals surface area contributed by atoms with Gasteiger partial charge in [-0.15, -0.1) is 0 Å². The number of carbonyl (C=O) groups is 2. The van der Waals surface area contributed by atoms with E-state index in [2.05, 4.69) is 10.6 Å². The first kappa shape index (κ1) is 18.3. The van der Waals surface area contributed by atoms with Crippen LogP contribution >= 0.6 is 11.6 Å². The van der Waals surface area contributed by atoms with Crippen LogP contribution in [0.25, 0.3) is 0 Å². The number of nitrogens with one attached hydrogen (secondary N) is 2. The van der Waals surface area contributed by atoms with Crippen molar-refractivity contribution in [2.75, 3.05) is 19.6 Å². The van der Waals surface area contributed by atoms with Crippen LogP contribution in [0.15, 0.2) is 47.3 Å². The first-order valence-corrected chi connectivity index (χ1v) is 9.07. The highest BCUT2D eigenvalue weighted by Crippen LogP contribution is 2.18. The zero-order valence-corrected chi connectivity index (χ0v) is 15.2. The fourth-order valence-electron chi connectivity index (χ4n) is 2.99. The summed E-state index contributed by atoms with van der Waals surface area (Å²) in [4.78, 5) is 26.0. The van der Waals surface area contributed by atoms with Crippen LogP contribution in [0.2, 0.25) is 5.02 Å². The minimum Gasteiger partial charge on any atom is -0.472 e. The molecule has 1 saturated heterocycles. The van der Waals surface area contributed by atoms with E-state index in [1.807, 2.05) is 17.0 Å². The van der Waals surface area contributed by atoms with Gasteiger partial charge in [0.05, 0.1) is 11.8 Å². The molecule has 1 aromatic heterocycles. The van der Waals surface area contributed by atoms with Crippen LogP contribution in [0.3, 0.4) is 0 Å². The molecule has 0 atom stereocenters. The predicted octanol–water partition coefficient (Wildman–Crippen LogP) is 3.28. The van der Waals surface area contributed by atoms with Crippen LogP contribution in [0.5, 0.6) is 0 Å². The molecule has 3 amide bonds. The zero-order valence-electron chi connectivity index (χ0n) is 14.4. The number of rotatable bonds is 5. The molecule has 1 fully saturated rings. The molecule has 0 aliphatic carbocycles. The number of carbonyl (C=O) groups excluding carboxylic acids is 2. The molecule has 0 unspecified atom stereocenters. The van der Waals surface area contributed by atoms with Crippen LogP contribution < -0.4 is 10.6 Å². The van der Waals surface area contributed by atoms with Gasteiger partial charge < -0.3 is 20.0 Å². The predicted molar refractivity (Wildman–Crippen MR) is 99.0 cm³/mol. The van der Waals surface area contributed by atoms with Crippen molar-refractivity contribution in [1.82, 2.24) is 15.5 Å². The van der Waals surface area contributed by atoms with Crippen LogP contribution in [0, 0.1) is 5.92 Å². The van der Waals surface area contributed by atoms with Crippen molar-refractivity contribution >= 4 is 23.5 Å². The number of benzene rings is 1. The van der Waals surface area contributed by atoms with E-state index in [0.717, 1.165) is 18.4 Å². The van der Waals surface area contributed by atoms with Gasteiger partial charge in [0.1, 0.15) is 6.26 Å². The molecule has 3 rings (SSSR count). The van der Waals surface area contributed by atoms with Gasteiger partial charge in [-0.3, -0.25) is 4.79 Å². The number of hydrogen-bond donors (Lipinski definition) is 2. The van der Waals surface area contributed by atoms with Crippen molar-refractivity contribution < 1.29 is 14.0 Å². The van der Waals surface area contributed by atoms with Gasteiger partial charge in [0.2, 0.25) is 0 Å². The van der Waals surface area contributed by atoms with E-state index in [-0.39, 0.29) is 11.9 Å². The number of likely N-dealkylation sites (tertiary alicyclic amines) is 1. The van der Waals surface area contributed by atoms with E-state index < -0.39 is 0 Å². The van der Waals surface area contributed by atoms with Crippen molar-refractivity contribution in [2.24, 2.45) is 5.92 Å². The smallest absolute Gasteiger partial charge is 0.315 e. The molecule has 26 heavy (non-hydrogen) atoms. The fourth-order valence-corrected chi connectivity index (χ4v) is 3.12. The molecular formula is C19H22ClN3O3. The van der Waals surface area contributed by atoms with E-state index in [1.165, 1.54) is 12.5 Å². The molecule has 1 aliphatic heterocycles. The molecule has 0 radical (unpaired) electrons. The van der Waals surface area contributed by atoms with Crippen molar-refractivity contribution in [1.29, 1.82) is 0 Å². The first-order chi connectivity index (χ1) is 12.6. The second-order valence-corrected chi connectivity index (χ2v) is 6.87. The number of hydrogen-bond acceptors (Lipinski definition) is 3. The van der Waals surface area contributed by atoms with Crippen molar-refractivity contribution in [3.63, 3.8) is 0 Å². The minimum atomic E-state index is -0.183. The van der Waals surface area contributed by atoms with Gasteiger partial charge in [0.25, 0.3) is 5.91 Å². The molecule has 0 spiro atoms. The maximum Gasteiger partial charge on any atom is 0.315 e. The van der Waals surface area contributed by atoms with Crippen LogP contribution in [0.1, 0.15) is 28.8 Å². The molecule has 2 N–H and O–H groups in total. The standard InChI is InChI=1S/C19H22ClN3O3/c20-17-3-1-14(2-4-17)11-21-19(25)22-12-15-5-8-23(9-6-15)18(24)16-7-10-26-13-16/h1-4,7,10,13,15H,5-6,8-9,11-12H2,(H2,21,22,25). The lowest BCUT2D eigenvalue weighted by Gasteiger charge is -2.31. The Morgan fingerprint density at radius 1 is 1.12 bits per heavy atom. The van der Waals surface area contributed by atoms with Crippen LogP contribution in [0.4, 0.5) is 4.79 Å². The lowest BCUT2D eigenvalue weighted by molar-refractivity contribution is 0.0690. The maximum atomic E-state index is 12.3. The van der Waals surface area contributed by atoms with Crippen molar-refractivity contribution in [3.8, 4) is 0 Å². The second-order valence-electron chi connectivity index (χ2n) is 6.44. The van der Waals surface area contributed by atoms with Gasteiger partial charge in [-0.2, -0.15) is 0 Å². The maximum absolute atomic E-state index is 12.3. The van der Waals surface area contributed by atoms with Gasteiger partial charge in [-0.25, -0.2) is 4.79 Å². The monoisotopic (exact) mass is 375 g/mol. The summed E-state index contributed by atoms with van der Waals surface area (Å²) in [5, 5.41) is 6.42. The summed E-state index contributed by atoms with van der Waals surface area (Å²) in [7, 11) is 0. The SMILES string of the molecule is O=C(NCc1ccc(Cl)cc1)NCC1CCN(C(=O)c2ccoc2)CC1. The van der Waals surface area contributed by atoms with Crippen LogP contribution in [-0.4, -0.2) is 36.5 Å². The van der Waals surface area contributed by atoms with E-state index in [4.69, 9.17) is 16.0 Å². The minimum absolute atomic E-state index is 0.00543. The molecule has 1 aromatic carbocycles. The summed E-state index contributed by atoms with van der Waals surface area (Å²) in [6, 6.07) is 8.87. The Morgan fingerprint density at radius 3 is 2.50 bits per heavy atom. The third-order valence-electron chi connectivity index (χ3n) is 4.59. The number of furan rings is 1. The zero-order chi connectivity index (χ0) is 18.4. The Bertz CT molecular complexity index is 723. The lowest BCUT2D eigenvalue weighted by atomic mass is 9.96. The highest BCUT2D eigenvalue weighted by atomic mass is 35.5. The lowest BCUT2D eigenvalue weighted by Crippen LogP contribution is -2.43. The van der Waals surface area contributed by atoms with Gasteiger partial charge in [0, 0.05) is 31.2 Å². The van der Waals surface area contributed by atoms with Gasteiger partial charge >= 0.3 is 6.03 Å². The van der Waals surface area contributed by atoms with E-state index in [0.29, 0.717) is 42.7 Å². The Labute approximate surface area is 157 Å². The molecule has 7 heteroatoms. The molecule has 138 valence electrons. The molecular weight excluding hydrogens is 354 g/mol. The first-order valence-electron chi connectivity index (χ1n) is 8.69. The normalized spacial score (nSPS) is 14.9. The topological polar surface area (TPSA) is 74.6 Å². The largest absolute Gasteiger partial charge is 0.472 e. The summed E-state index contributed by atoms with van der Waals surface area (Å²) >= 11 is 5.84. The third kappa shape index (κ3) is 5.02. The van der Waals surface area contributed by atoms with Gasteiger partial charge in [0.15, 0.2) is 0 Å². The number of nitrogens with zero attached hydrogens (tertiary/aromatic N) is 1. The number of halogens is 1. The summed E-state index contributed by atoms with van der Waals surface area (Å²) in [5.74, 6) is 0.385. The Balaban J connectivity index is 1.35. The van der Waals surface area contributed by atoms with E-state index in [1.54, 1.807) is 18.2 Å². The summed E-state index contributed by atoms with van der Waals surface area (Å²) in [6.45, 7) is 2.46. The Morgan fingerprint density at radius 2 is 1.85 bits per heavy atom. The molecule has 1 aliphatic rings. The Kier molecular flexibility index (Phi) is 6.17. The molecule has 2 aromatic rings. The average Bonchev–Trinajstić information content (AvgIpc) is 3.20. The molecule has 2 heterocycles. The highest BCUT2D eigenvalue weighted by Gasteiger charge is 2.24. The summed E-state index contributed by atoms with van der Waals surface area (Å²) < 4.78 is 4.96. The van der Waals surface area contributed by atoms with Crippen molar-refractivity contribution in [2.45, 2.75) is 19.4 Å². The van der Waals surface area contributed by atoms with Gasteiger partial charge in [-0.1, -0.05) is 23.7 Å². The average molecular weight is 376 g/mol.